The molecule has 0 aliphatic heterocycles. The van der Waals surface area contributed by atoms with Crippen molar-refractivity contribution in [3.05, 3.63) is 83.2 Å². The largest absolute Gasteiger partial charge is 0.484 e. The molecule has 0 unspecified atom stereocenters. The van der Waals surface area contributed by atoms with Gasteiger partial charge in [-0.05, 0) is 81.8 Å². The number of amides is 1. The summed E-state index contributed by atoms with van der Waals surface area (Å²) < 4.78 is 7.30. The van der Waals surface area contributed by atoms with E-state index in [1.807, 2.05) is 88.4 Å². The minimum Gasteiger partial charge on any atom is -0.484 e. The molecule has 4 aromatic rings. The summed E-state index contributed by atoms with van der Waals surface area (Å²) in [6.45, 7) is 7.98. The van der Waals surface area contributed by atoms with Crippen molar-refractivity contribution in [2.75, 3.05) is 17.2 Å². The first-order valence-corrected chi connectivity index (χ1v) is 10.6. The number of benzene rings is 2. The van der Waals surface area contributed by atoms with Crippen molar-refractivity contribution in [2.45, 2.75) is 27.7 Å². The second-order valence-corrected chi connectivity index (χ2v) is 7.84. The summed E-state index contributed by atoms with van der Waals surface area (Å²) in [5.41, 5.74) is 5.82. The van der Waals surface area contributed by atoms with Crippen LogP contribution in [0.15, 0.2) is 60.7 Å². The fraction of sp³-hybridized carbons (Fsp3) is 0.200. The molecular formula is C25H26N6O2. The molecule has 168 valence electrons. The molecule has 2 aromatic heterocycles. The average molecular weight is 443 g/mol. The lowest BCUT2D eigenvalue weighted by atomic mass is 10.2. The maximum Gasteiger partial charge on any atom is 0.262 e. The number of rotatable bonds is 7. The van der Waals surface area contributed by atoms with Crippen molar-refractivity contribution in [3.8, 4) is 11.6 Å². The van der Waals surface area contributed by atoms with Crippen LogP contribution in [-0.4, -0.2) is 32.5 Å². The molecule has 2 aromatic carbocycles. The monoisotopic (exact) mass is 442 g/mol. The molecule has 33 heavy (non-hydrogen) atoms. The van der Waals surface area contributed by atoms with Crippen molar-refractivity contribution < 1.29 is 9.53 Å². The quantitative estimate of drug-likeness (QED) is 0.432. The third-order valence-electron chi connectivity index (χ3n) is 5.35. The zero-order valence-corrected chi connectivity index (χ0v) is 19.1. The van der Waals surface area contributed by atoms with Crippen LogP contribution in [0.2, 0.25) is 0 Å². The van der Waals surface area contributed by atoms with Crippen molar-refractivity contribution in [2.24, 2.45) is 0 Å². The first kappa shape index (κ1) is 22.0. The van der Waals surface area contributed by atoms with Crippen LogP contribution in [0.3, 0.4) is 0 Å². The molecule has 1 amide bonds. The number of ether oxygens (including phenoxy) is 1. The van der Waals surface area contributed by atoms with Gasteiger partial charge in [0, 0.05) is 17.1 Å². The molecule has 0 fully saturated rings. The van der Waals surface area contributed by atoms with Crippen LogP contribution in [0, 0.1) is 27.7 Å². The van der Waals surface area contributed by atoms with Gasteiger partial charge in [0.15, 0.2) is 18.2 Å². The third kappa shape index (κ3) is 5.35. The molecule has 2 N–H and O–H groups in total. The Kier molecular flexibility index (Phi) is 6.35. The smallest absolute Gasteiger partial charge is 0.262 e. The minimum absolute atomic E-state index is 0.0558. The number of nitrogens with one attached hydrogen (secondary N) is 2. The zero-order valence-electron chi connectivity index (χ0n) is 19.1. The first-order chi connectivity index (χ1) is 15.9. The summed E-state index contributed by atoms with van der Waals surface area (Å²) in [6, 6.07) is 18.6. The van der Waals surface area contributed by atoms with Gasteiger partial charge in [-0.25, -0.2) is 4.68 Å². The highest BCUT2D eigenvalue weighted by atomic mass is 16.5. The van der Waals surface area contributed by atoms with Gasteiger partial charge in [0.2, 0.25) is 0 Å². The van der Waals surface area contributed by atoms with Crippen LogP contribution in [-0.2, 0) is 4.79 Å². The molecule has 8 nitrogen and oxygen atoms in total. The van der Waals surface area contributed by atoms with Crippen LogP contribution < -0.4 is 15.4 Å². The topological polar surface area (TPSA) is 94.0 Å². The van der Waals surface area contributed by atoms with Crippen LogP contribution in [0.25, 0.3) is 5.82 Å². The molecule has 2 heterocycles. The van der Waals surface area contributed by atoms with Gasteiger partial charge in [0.1, 0.15) is 5.75 Å². The maximum atomic E-state index is 12.1. The molecule has 0 aliphatic carbocycles. The van der Waals surface area contributed by atoms with Crippen LogP contribution in [0.5, 0.6) is 5.75 Å². The Morgan fingerprint density at radius 2 is 1.58 bits per heavy atom. The second kappa shape index (κ2) is 9.52. The Morgan fingerprint density at radius 3 is 2.18 bits per heavy atom. The highest BCUT2D eigenvalue weighted by Gasteiger charge is 2.10. The van der Waals surface area contributed by atoms with Gasteiger partial charge >= 0.3 is 0 Å². The summed E-state index contributed by atoms with van der Waals surface area (Å²) in [5, 5.41) is 19.1. The molecule has 8 heteroatoms. The Hall–Kier alpha value is -4.20. The molecule has 0 bridgehead atoms. The molecular weight excluding hydrogens is 416 g/mol. The van der Waals surface area contributed by atoms with Gasteiger partial charge in [0.05, 0.1) is 5.69 Å². The summed E-state index contributed by atoms with van der Waals surface area (Å²) >= 11 is 0. The predicted octanol–water partition coefficient (Wildman–Crippen LogP) is 4.66. The number of anilines is 3. The number of carbonyl (C=O) groups is 1. The van der Waals surface area contributed by atoms with Crippen molar-refractivity contribution in [1.82, 2.24) is 20.0 Å². The Morgan fingerprint density at radius 1 is 0.879 bits per heavy atom. The van der Waals surface area contributed by atoms with E-state index in [4.69, 9.17) is 4.74 Å². The van der Waals surface area contributed by atoms with E-state index in [1.54, 1.807) is 4.68 Å². The number of carbonyl (C=O) groups excluding carboxylic acids is 1. The number of aryl methyl sites for hydroxylation is 2. The van der Waals surface area contributed by atoms with Crippen LogP contribution in [0.4, 0.5) is 17.2 Å². The number of hydrogen-bond donors (Lipinski definition) is 2. The lowest BCUT2D eigenvalue weighted by Crippen LogP contribution is -2.20. The van der Waals surface area contributed by atoms with Gasteiger partial charge in [-0.1, -0.05) is 17.7 Å². The molecule has 0 aliphatic rings. The maximum absolute atomic E-state index is 12.1. The Balaban J connectivity index is 1.32. The van der Waals surface area contributed by atoms with Crippen molar-refractivity contribution >= 4 is 23.1 Å². The Labute approximate surface area is 192 Å². The van der Waals surface area contributed by atoms with E-state index >= 15 is 0 Å². The molecule has 0 spiro atoms. The van der Waals surface area contributed by atoms with E-state index in [9.17, 15) is 4.79 Å². The standard InChI is InChI=1S/C25H26N6O2/c1-16-5-11-22(12-6-16)33-15-25(32)27-21-9-7-20(8-10-21)26-23-13-14-24(29-28-23)31-19(4)17(2)18(3)30-31/h5-14H,15H2,1-4H3,(H,26,28)(H,27,32). The fourth-order valence-corrected chi connectivity index (χ4v) is 3.21. The normalized spacial score (nSPS) is 10.7. The minimum atomic E-state index is -0.225. The van der Waals surface area contributed by atoms with Gasteiger partial charge in [-0.3, -0.25) is 4.79 Å². The third-order valence-corrected chi connectivity index (χ3v) is 5.35. The number of aromatic nitrogens is 4. The molecule has 0 saturated carbocycles. The van der Waals surface area contributed by atoms with Crippen LogP contribution >= 0.6 is 0 Å². The second-order valence-electron chi connectivity index (χ2n) is 7.84. The van der Waals surface area contributed by atoms with E-state index in [0.29, 0.717) is 23.1 Å². The van der Waals surface area contributed by atoms with E-state index in [0.717, 1.165) is 28.2 Å². The molecule has 0 atom stereocenters. The van der Waals surface area contributed by atoms with Gasteiger partial charge in [0.25, 0.3) is 5.91 Å². The SMILES string of the molecule is Cc1ccc(OCC(=O)Nc2ccc(Nc3ccc(-n4nc(C)c(C)c4C)nn3)cc2)cc1. The molecule has 0 saturated heterocycles. The highest BCUT2D eigenvalue weighted by Crippen LogP contribution is 2.19. The van der Waals surface area contributed by atoms with Crippen molar-refractivity contribution in [1.29, 1.82) is 0 Å². The van der Waals surface area contributed by atoms with E-state index < -0.39 is 0 Å². The van der Waals surface area contributed by atoms with Crippen LogP contribution in [0.1, 0.15) is 22.5 Å². The van der Waals surface area contributed by atoms with E-state index in [-0.39, 0.29) is 12.5 Å². The number of nitrogens with zero attached hydrogens (tertiary/aromatic N) is 4. The lowest BCUT2D eigenvalue weighted by Gasteiger charge is -2.09. The fourth-order valence-electron chi connectivity index (χ4n) is 3.21. The van der Waals surface area contributed by atoms with E-state index in [1.165, 1.54) is 0 Å². The van der Waals surface area contributed by atoms with Gasteiger partial charge in [-0.2, -0.15) is 5.10 Å². The zero-order chi connectivity index (χ0) is 23.4. The highest BCUT2D eigenvalue weighted by molar-refractivity contribution is 5.92. The van der Waals surface area contributed by atoms with Crippen molar-refractivity contribution in [3.63, 3.8) is 0 Å². The Bertz CT molecular complexity index is 1250. The summed E-state index contributed by atoms with van der Waals surface area (Å²) in [7, 11) is 0. The van der Waals surface area contributed by atoms with Gasteiger partial charge in [-0.15, -0.1) is 10.2 Å². The summed E-state index contributed by atoms with van der Waals surface area (Å²) in [4.78, 5) is 12.1. The van der Waals surface area contributed by atoms with Gasteiger partial charge < -0.3 is 15.4 Å². The number of hydrogen-bond acceptors (Lipinski definition) is 6. The summed E-state index contributed by atoms with van der Waals surface area (Å²) in [6.07, 6.45) is 0. The van der Waals surface area contributed by atoms with E-state index in [2.05, 4.69) is 25.9 Å². The first-order valence-electron chi connectivity index (χ1n) is 10.6. The predicted molar refractivity (Wildman–Crippen MR) is 128 cm³/mol. The lowest BCUT2D eigenvalue weighted by molar-refractivity contribution is -0.118. The molecule has 0 radical (unpaired) electrons. The average Bonchev–Trinajstić information content (AvgIpc) is 3.08. The molecule has 4 rings (SSSR count). The summed E-state index contributed by atoms with van der Waals surface area (Å²) in [5.74, 6) is 1.72.